The van der Waals surface area contributed by atoms with Gasteiger partial charge in [-0.25, -0.2) is 4.98 Å². The lowest BCUT2D eigenvalue weighted by Crippen LogP contribution is -2.04. The van der Waals surface area contributed by atoms with Crippen LogP contribution in [0.3, 0.4) is 0 Å². The van der Waals surface area contributed by atoms with Gasteiger partial charge in [-0.15, -0.1) is 0 Å². The summed E-state index contributed by atoms with van der Waals surface area (Å²) < 4.78 is 6.26. The van der Waals surface area contributed by atoms with Gasteiger partial charge in [0.1, 0.15) is 4.60 Å². The van der Waals surface area contributed by atoms with Crippen LogP contribution in [-0.4, -0.2) is 16.6 Å². The lowest BCUT2D eigenvalue weighted by molar-refractivity contribution is 0.322. The van der Waals surface area contributed by atoms with Crippen LogP contribution in [0.4, 0.5) is 5.82 Å². The second-order valence-corrected chi connectivity index (χ2v) is 4.29. The molecule has 0 amide bonds. The Hall–Kier alpha value is -1.62. The largest absolute Gasteiger partial charge is 0.489 e. The minimum absolute atomic E-state index is 0.394. The van der Waals surface area contributed by atoms with Crippen LogP contribution < -0.4 is 10.5 Å². The van der Waals surface area contributed by atoms with E-state index in [-0.39, 0.29) is 0 Å². The summed E-state index contributed by atoms with van der Waals surface area (Å²) in [6.45, 7) is 0.555. The number of hydrogen-bond acceptors (Lipinski definition) is 4. The highest BCUT2D eigenvalue weighted by Crippen LogP contribution is 2.21. The molecule has 2 aromatic rings. The molecule has 17 heavy (non-hydrogen) atoms. The molecular weight excluding hydrogens is 282 g/mol. The van der Waals surface area contributed by atoms with Gasteiger partial charge in [-0.2, -0.15) is 0 Å². The quantitative estimate of drug-likeness (QED) is 0.880. The summed E-state index contributed by atoms with van der Waals surface area (Å²) in [5, 5.41) is 0. The highest BCUT2D eigenvalue weighted by molar-refractivity contribution is 9.10. The molecule has 2 heterocycles. The van der Waals surface area contributed by atoms with Crippen molar-refractivity contribution >= 4 is 21.7 Å². The van der Waals surface area contributed by atoms with Gasteiger partial charge in [-0.05, 0) is 39.7 Å². The van der Waals surface area contributed by atoms with Gasteiger partial charge in [-0.3, -0.25) is 4.98 Å². The number of nitrogens with zero attached hydrogens (tertiary/aromatic N) is 2. The van der Waals surface area contributed by atoms with Crippen LogP contribution in [0.25, 0.3) is 0 Å². The summed E-state index contributed by atoms with van der Waals surface area (Å²) in [6, 6.07) is 7.52. The Bertz CT molecular complexity index is 490. The predicted octanol–water partition coefficient (Wildman–Crippen LogP) is 2.44. The molecule has 2 N–H and O–H groups in total. The minimum atomic E-state index is 0.394. The molecule has 0 radical (unpaired) electrons. The fourth-order valence-corrected chi connectivity index (χ4v) is 1.71. The summed E-state index contributed by atoms with van der Waals surface area (Å²) in [4.78, 5) is 8.10. The predicted molar refractivity (Wildman–Crippen MR) is 69.8 cm³/mol. The number of aromatic nitrogens is 2. The molecule has 0 aliphatic heterocycles. The standard InChI is InChI=1S/C12H12BrN3O/c13-11-4-3-10(12(14)16-11)17-7-5-9-2-1-6-15-8-9/h1-4,6,8H,5,7H2,(H2,14,16). The van der Waals surface area contributed by atoms with Gasteiger partial charge in [0.05, 0.1) is 6.61 Å². The summed E-state index contributed by atoms with van der Waals surface area (Å²) in [5.41, 5.74) is 6.86. The van der Waals surface area contributed by atoms with E-state index in [4.69, 9.17) is 10.5 Å². The average Bonchev–Trinajstić information content (AvgIpc) is 2.33. The zero-order valence-electron chi connectivity index (χ0n) is 9.14. The first-order valence-corrected chi connectivity index (χ1v) is 5.99. The maximum Gasteiger partial charge on any atom is 0.167 e. The van der Waals surface area contributed by atoms with Crippen LogP contribution in [0.1, 0.15) is 5.56 Å². The van der Waals surface area contributed by atoms with Gasteiger partial charge < -0.3 is 10.5 Å². The van der Waals surface area contributed by atoms with Crippen molar-refractivity contribution in [2.75, 3.05) is 12.3 Å². The topological polar surface area (TPSA) is 61.0 Å². The Kier molecular flexibility index (Phi) is 3.93. The van der Waals surface area contributed by atoms with Crippen LogP contribution in [0.2, 0.25) is 0 Å². The molecule has 4 nitrogen and oxygen atoms in total. The van der Waals surface area contributed by atoms with Crippen LogP contribution in [0, 0.1) is 0 Å². The molecule has 0 aliphatic rings. The summed E-state index contributed by atoms with van der Waals surface area (Å²) in [6.07, 6.45) is 4.37. The van der Waals surface area contributed by atoms with E-state index in [1.165, 1.54) is 0 Å². The molecule has 2 aromatic heterocycles. The zero-order chi connectivity index (χ0) is 12.1. The van der Waals surface area contributed by atoms with Crippen molar-refractivity contribution < 1.29 is 4.74 Å². The highest BCUT2D eigenvalue weighted by Gasteiger charge is 2.02. The monoisotopic (exact) mass is 293 g/mol. The van der Waals surface area contributed by atoms with E-state index in [2.05, 4.69) is 25.9 Å². The number of anilines is 1. The summed E-state index contributed by atoms with van der Waals surface area (Å²) >= 11 is 3.25. The molecule has 0 atom stereocenters. The number of ether oxygens (including phenoxy) is 1. The van der Waals surface area contributed by atoms with Crippen molar-refractivity contribution in [2.24, 2.45) is 0 Å². The summed E-state index contributed by atoms with van der Waals surface area (Å²) in [5.74, 6) is 1.00. The Morgan fingerprint density at radius 2 is 2.18 bits per heavy atom. The molecule has 88 valence electrons. The molecule has 0 aliphatic carbocycles. The van der Waals surface area contributed by atoms with Gasteiger partial charge in [0.15, 0.2) is 11.6 Å². The first-order chi connectivity index (χ1) is 8.25. The fraction of sp³-hybridized carbons (Fsp3) is 0.167. The molecule has 0 unspecified atom stereocenters. The van der Waals surface area contributed by atoms with Gasteiger partial charge in [0.25, 0.3) is 0 Å². The van der Waals surface area contributed by atoms with Crippen molar-refractivity contribution in [1.29, 1.82) is 0 Å². The Balaban J connectivity index is 1.90. The van der Waals surface area contributed by atoms with Crippen molar-refractivity contribution in [1.82, 2.24) is 9.97 Å². The molecule has 0 saturated carbocycles. The van der Waals surface area contributed by atoms with E-state index >= 15 is 0 Å². The number of nitrogens with two attached hydrogens (primary N) is 1. The zero-order valence-corrected chi connectivity index (χ0v) is 10.7. The van der Waals surface area contributed by atoms with Gasteiger partial charge in [-0.1, -0.05) is 6.07 Å². The van der Waals surface area contributed by atoms with Gasteiger partial charge in [0.2, 0.25) is 0 Å². The molecule has 0 fully saturated rings. The van der Waals surface area contributed by atoms with E-state index in [0.717, 1.165) is 12.0 Å². The van der Waals surface area contributed by atoms with Crippen LogP contribution in [0.15, 0.2) is 41.3 Å². The number of nitrogen functional groups attached to an aromatic ring is 1. The third-order valence-electron chi connectivity index (χ3n) is 2.22. The van der Waals surface area contributed by atoms with Crippen LogP contribution in [-0.2, 0) is 6.42 Å². The number of hydrogen-bond donors (Lipinski definition) is 1. The highest BCUT2D eigenvalue weighted by atomic mass is 79.9. The molecule has 2 rings (SSSR count). The molecule has 0 bridgehead atoms. The smallest absolute Gasteiger partial charge is 0.167 e. The second kappa shape index (κ2) is 5.63. The third kappa shape index (κ3) is 3.42. The minimum Gasteiger partial charge on any atom is -0.489 e. The van der Waals surface area contributed by atoms with Crippen molar-refractivity contribution in [2.45, 2.75) is 6.42 Å². The van der Waals surface area contributed by atoms with Gasteiger partial charge >= 0.3 is 0 Å². The van der Waals surface area contributed by atoms with E-state index in [1.807, 2.05) is 18.3 Å². The fourth-order valence-electron chi connectivity index (χ4n) is 1.38. The normalized spacial score (nSPS) is 10.2. The van der Waals surface area contributed by atoms with E-state index in [1.54, 1.807) is 18.3 Å². The molecule has 0 saturated heterocycles. The van der Waals surface area contributed by atoms with E-state index in [9.17, 15) is 0 Å². The van der Waals surface area contributed by atoms with Crippen LogP contribution >= 0.6 is 15.9 Å². The molecule has 0 aromatic carbocycles. The first-order valence-electron chi connectivity index (χ1n) is 5.19. The van der Waals surface area contributed by atoms with E-state index in [0.29, 0.717) is 22.8 Å². The Morgan fingerprint density at radius 3 is 2.88 bits per heavy atom. The maximum absolute atomic E-state index is 5.72. The third-order valence-corrected chi connectivity index (χ3v) is 2.66. The number of pyridine rings is 2. The second-order valence-electron chi connectivity index (χ2n) is 3.48. The maximum atomic E-state index is 5.72. The van der Waals surface area contributed by atoms with Crippen LogP contribution in [0.5, 0.6) is 5.75 Å². The lowest BCUT2D eigenvalue weighted by Gasteiger charge is -2.08. The lowest BCUT2D eigenvalue weighted by atomic mass is 10.2. The van der Waals surface area contributed by atoms with Crippen molar-refractivity contribution in [3.05, 3.63) is 46.8 Å². The number of halogens is 1. The Morgan fingerprint density at radius 1 is 1.29 bits per heavy atom. The van der Waals surface area contributed by atoms with Gasteiger partial charge in [0, 0.05) is 18.8 Å². The van der Waals surface area contributed by atoms with Crippen molar-refractivity contribution in [3.8, 4) is 5.75 Å². The average molecular weight is 294 g/mol. The Labute approximate surface area is 108 Å². The summed E-state index contributed by atoms with van der Waals surface area (Å²) in [7, 11) is 0. The number of rotatable bonds is 4. The van der Waals surface area contributed by atoms with E-state index < -0.39 is 0 Å². The SMILES string of the molecule is Nc1nc(Br)ccc1OCCc1cccnc1. The van der Waals surface area contributed by atoms with Crippen molar-refractivity contribution in [3.63, 3.8) is 0 Å². The molecular formula is C12H12BrN3O. The molecule has 5 heteroatoms. The molecule has 0 spiro atoms. The first kappa shape index (κ1) is 11.9.